The van der Waals surface area contributed by atoms with Gasteiger partial charge >= 0.3 is 5.97 Å². The fourth-order valence-electron chi connectivity index (χ4n) is 2.67. The summed E-state index contributed by atoms with van der Waals surface area (Å²) >= 11 is 0. The molecule has 1 aromatic rings. The Morgan fingerprint density at radius 2 is 2.05 bits per heavy atom. The second kappa shape index (κ2) is 5.13. The fourth-order valence-corrected chi connectivity index (χ4v) is 2.67. The number of piperazine rings is 1. The van der Waals surface area contributed by atoms with Gasteiger partial charge in [-0.3, -0.25) is 4.90 Å². The Kier molecular flexibility index (Phi) is 3.71. The van der Waals surface area contributed by atoms with Crippen molar-refractivity contribution < 1.29 is 9.90 Å². The number of likely N-dealkylation sites (N-methyl/N-ethyl adjacent to an activating group) is 1. The molecule has 1 saturated heterocycles. The lowest BCUT2D eigenvalue weighted by Crippen LogP contribution is -2.59. The highest BCUT2D eigenvalue weighted by Gasteiger charge is 2.34. The van der Waals surface area contributed by atoms with Crippen molar-refractivity contribution in [3.63, 3.8) is 0 Å². The number of hydrogen-bond acceptors (Lipinski definition) is 5. The molecule has 1 fully saturated rings. The summed E-state index contributed by atoms with van der Waals surface area (Å²) in [7, 11) is 0. The third kappa shape index (κ3) is 2.68. The summed E-state index contributed by atoms with van der Waals surface area (Å²) in [5.41, 5.74) is 0.0311. The van der Waals surface area contributed by atoms with Crippen molar-refractivity contribution in [3.05, 3.63) is 18.1 Å². The molecule has 0 aromatic carbocycles. The van der Waals surface area contributed by atoms with Crippen molar-refractivity contribution in [2.45, 2.75) is 26.3 Å². The molecule has 1 aliphatic rings. The van der Waals surface area contributed by atoms with Gasteiger partial charge in [0.1, 0.15) is 0 Å². The average molecular weight is 264 g/mol. The highest BCUT2D eigenvalue weighted by Crippen LogP contribution is 2.25. The van der Waals surface area contributed by atoms with Crippen LogP contribution in [-0.2, 0) is 0 Å². The molecule has 104 valence electrons. The van der Waals surface area contributed by atoms with Crippen LogP contribution in [0.15, 0.2) is 12.4 Å². The van der Waals surface area contributed by atoms with Crippen LogP contribution in [0.4, 0.5) is 5.82 Å². The van der Waals surface area contributed by atoms with Crippen LogP contribution in [0.2, 0.25) is 0 Å². The third-order valence-corrected chi connectivity index (χ3v) is 3.64. The van der Waals surface area contributed by atoms with E-state index in [0.717, 1.165) is 26.2 Å². The molecule has 0 unspecified atom stereocenters. The van der Waals surface area contributed by atoms with E-state index in [4.69, 9.17) is 0 Å². The van der Waals surface area contributed by atoms with Crippen LogP contribution in [0, 0.1) is 0 Å². The number of carboxylic acids is 1. The highest BCUT2D eigenvalue weighted by molar-refractivity contribution is 5.90. The van der Waals surface area contributed by atoms with Crippen molar-refractivity contribution in [1.82, 2.24) is 14.9 Å². The van der Waals surface area contributed by atoms with E-state index in [0.29, 0.717) is 5.82 Å². The van der Waals surface area contributed by atoms with Crippen LogP contribution in [0.5, 0.6) is 0 Å². The van der Waals surface area contributed by atoms with Crippen LogP contribution in [0.25, 0.3) is 0 Å². The standard InChI is InChI=1S/C13H20N4O2/c1-4-17-8-7-16(9-13(17,2)3)11-10(12(18)19)14-5-6-15-11/h5-6H,4,7-9H2,1-3H3,(H,18,19). The second-order valence-corrected chi connectivity index (χ2v) is 5.35. The fraction of sp³-hybridized carbons (Fsp3) is 0.615. The third-order valence-electron chi connectivity index (χ3n) is 3.64. The molecule has 6 heteroatoms. The number of hydrogen-bond donors (Lipinski definition) is 1. The Bertz CT molecular complexity index is 475. The maximum atomic E-state index is 11.2. The van der Waals surface area contributed by atoms with Gasteiger partial charge < -0.3 is 10.0 Å². The van der Waals surface area contributed by atoms with Crippen molar-refractivity contribution in [2.75, 3.05) is 31.1 Å². The first-order valence-corrected chi connectivity index (χ1v) is 6.50. The van der Waals surface area contributed by atoms with Crippen molar-refractivity contribution in [3.8, 4) is 0 Å². The molecular weight excluding hydrogens is 244 g/mol. The van der Waals surface area contributed by atoms with Gasteiger partial charge in [0.15, 0.2) is 11.5 Å². The van der Waals surface area contributed by atoms with E-state index in [2.05, 4.69) is 35.6 Å². The molecule has 0 atom stereocenters. The molecule has 6 nitrogen and oxygen atoms in total. The monoisotopic (exact) mass is 264 g/mol. The molecule has 1 aliphatic heterocycles. The molecule has 0 spiro atoms. The molecular formula is C13H20N4O2. The van der Waals surface area contributed by atoms with E-state index in [1.165, 1.54) is 6.20 Å². The number of rotatable bonds is 3. The van der Waals surface area contributed by atoms with E-state index >= 15 is 0 Å². The summed E-state index contributed by atoms with van der Waals surface area (Å²) in [6.45, 7) is 9.89. The Morgan fingerprint density at radius 1 is 1.37 bits per heavy atom. The largest absolute Gasteiger partial charge is 0.476 e. The summed E-state index contributed by atoms with van der Waals surface area (Å²) in [4.78, 5) is 23.7. The van der Waals surface area contributed by atoms with Gasteiger partial charge in [-0.25, -0.2) is 14.8 Å². The summed E-state index contributed by atoms with van der Waals surface area (Å²) in [6.07, 6.45) is 2.96. The number of anilines is 1. The zero-order valence-electron chi connectivity index (χ0n) is 11.6. The molecule has 0 saturated carbocycles. The summed E-state index contributed by atoms with van der Waals surface area (Å²) in [5.74, 6) is -0.558. The molecule has 1 aromatic heterocycles. The van der Waals surface area contributed by atoms with Gasteiger partial charge in [-0.15, -0.1) is 0 Å². The van der Waals surface area contributed by atoms with E-state index in [-0.39, 0.29) is 11.2 Å². The Balaban J connectivity index is 2.27. The first kappa shape index (κ1) is 13.7. The van der Waals surface area contributed by atoms with Crippen molar-refractivity contribution in [2.24, 2.45) is 0 Å². The van der Waals surface area contributed by atoms with Gasteiger partial charge in [0.2, 0.25) is 0 Å². The molecule has 2 rings (SSSR count). The van der Waals surface area contributed by atoms with Gasteiger partial charge in [0.25, 0.3) is 0 Å². The maximum absolute atomic E-state index is 11.2. The van der Waals surface area contributed by atoms with Crippen LogP contribution in [0.1, 0.15) is 31.3 Å². The molecule has 0 amide bonds. The van der Waals surface area contributed by atoms with E-state index < -0.39 is 5.97 Å². The smallest absolute Gasteiger partial charge is 0.358 e. The van der Waals surface area contributed by atoms with Crippen molar-refractivity contribution >= 4 is 11.8 Å². The first-order valence-electron chi connectivity index (χ1n) is 6.50. The normalized spacial score (nSPS) is 19.4. The first-order chi connectivity index (χ1) is 8.95. The molecule has 0 radical (unpaired) electrons. The summed E-state index contributed by atoms with van der Waals surface area (Å²) in [6, 6.07) is 0. The lowest BCUT2D eigenvalue weighted by Gasteiger charge is -2.47. The van der Waals surface area contributed by atoms with Gasteiger partial charge in [0, 0.05) is 37.6 Å². The molecule has 0 bridgehead atoms. The zero-order valence-corrected chi connectivity index (χ0v) is 11.6. The number of carbonyl (C=O) groups is 1. The van der Waals surface area contributed by atoms with Crippen molar-refractivity contribution in [1.29, 1.82) is 0 Å². The minimum absolute atomic E-state index is 0.000292. The van der Waals surface area contributed by atoms with Crippen LogP contribution < -0.4 is 4.90 Å². The van der Waals surface area contributed by atoms with Gasteiger partial charge in [0.05, 0.1) is 0 Å². The minimum Gasteiger partial charge on any atom is -0.476 e. The molecule has 2 heterocycles. The van der Waals surface area contributed by atoms with Gasteiger partial charge in [-0.2, -0.15) is 0 Å². The average Bonchev–Trinajstić information content (AvgIpc) is 2.37. The molecule has 0 aliphatic carbocycles. The second-order valence-electron chi connectivity index (χ2n) is 5.35. The zero-order chi connectivity index (χ0) is 14.0. The van der Waals surface area contributed by atoms with E-state index in [1.54, 1.807) is 6.20 Å². The number of aromatic nitrogens is 2. The van der Waals surface area contributed by atoms with E-state index in [9.17, 15) is 9.90 Å². The predicted octanol–water partition coefficient (Wildman–Crippen LogP) is 1.10. The summed E-state index contributed by atoms with van der Waals surface area (Å²) < 4.78 is 0. The summed E-state index contributed by atoms with van der Waals surface area (Å²) in [5, 5.41) is 9.18. The molecule has 19 heavy (non-hydrogen) atoms. The van der Waals surface area contributed by atoms with Crippen LogP contribution in [0.3, 0.4) is 0 Å². The number of carboxylic acid groups (broad SMARTS) is 1. The molecule has 1 N–H and O–H groups in total. The SMILES string of the molecule is CCN1CCN(c2nccnc2C(=O)O)CC1(C)C. The number of nitrogens with zero attached hydrogens (tertiary/aromatic N) is 4. The minimum atomic E-state index is -1.03. The quantitative estimate of drug-likeness (QED) is 0.881. The lowest BCUT2D eigenvalue weighted by molar-refractivity contribution is 0.0688. The van der Waals surface area contributed by atoms with Crippen LogP contribution >= 0.6 is 0 Å². The highest BCUT2D eigenvalue weighted by atomic mass is 16.4. The Labute approximate surface area is 113 Å². The predicted molar refractivity (Wildman–Crippen MR) is 72.5 cm³/mol. The van der Waals surface area contributed by atoms with E-state index in [1.807, 2.05) is 4.90 Å². The Morgan fingerprint density at radius 3 is 2.63 bits per heavy atom. The Hall–Kier alpha value is -1.69. The van der Waals surface area contributed by atoms with Crippen LogP contribution in [-0.4, -0.2) is 57.7 Å². The van der Waals surface area contributed by atoms with Gasteiger partial charge in [-0.05, 0) is 20.4 Å². The topological polar surface area (TPSA) is 69.6 Å². The van der Waals surface area contributed by atoms with Gasteiger partial charge in [-0.1, -0.05) is 6.92 Å². The maximum Gasteiger partial charge on any atom is 0.358 e. The number of aromatic carboxylic acids is 1. The lowest BCUT2D eigenvalue weighted by atomic mass is 9.99.